The van der Waals surface area contributed by atoms with Crippen LogP contribution in [0, 0.1) is 0 Å². The lowest BCUT2D eigenvalue weighted by Gasteiger charge is -2.05. The number of alkyl halides is 1. The maximum atomic E-state index is 11.6. The summed E-state index contributed by atoms with van der Waals surface area (Å²) < 4.78 is 1.50. The van der Waals surface area contributed by atoms with Gasteiger partial charge in [-0.25, -0.2) is 0 Å². The van der Waals surface area contributed by atoms with Gasteiger partial charge in [-0.3, -0.25) is 9.59 Å². The number of carbonyl (C=O) groups is 1. The minimum absolute atomic E-state index is 0.152. The molecule has 0 bridgehead atoms. The molecule has 0 fully saturated rings. The zero-order chi connectivity index (χ0) is 10.6. The van der Waals surface area contributed by atoms with E-state index in [1.165, 1.54) is 4.57 Å². The second-order valence-electron chi connectivity index (χ2n) is 2.69. The van der Waals surface area contributed by atoms with Gasteiger partial charge >= 0.3 is 0 Å². The Hall–Kier alpha value is -1.29. The minimum atomic E-state index is -0.377. The van der Waals surface area contributed by atoms with Crippen LogP contribution >= 0.6 is 11.6 Å². The Morgan fingerprint density at radius 1 is 1.64 bits per heavy atom. The molecule has 5 heteroatoms. The van der Waals surface area contributed by atoms with Crippen molar-refractivity contribution in [3.63, 3.8) is 0 Å². The molecule has 0 aliphatic rings. The summed E-state index contributed by atoms with van der Waals surface area (Å²) in [4.78, 5) is 22.5. The fourth-order valence-corrected chi connectivity index (χ4v) is 1.13. The van der Waals surface area contributed by atoms with Gasteiger partial charge in [0.2, 0.25) is 5.91 Å². The zero-order valence-corrected chi connectivity index (χ0v) is 8.54. The van der Waals surface area contributed by atoms with Gasteiger partial charge < -0.3 is 9.88 Å². The van der Waals surface area contributed by atoms with Gasteiger partial charge in [-0.1, -0.05) is 0 Å². The Morgan fingerprint density at radius 3 is 2.93 bits per heavy atom. The highest BCUT2D eigenvalue weighted by molar-refractivity contribution is 6.29. The van der Waals surface area contributed by atoms with Crippen molar-refractivity contribution in [3.05, 3.63) is 28.7 Å². The molecule has 1 N–H and O–H groups in total. The molecule has 0 aromatic carbocycles. The lowest BCUT2D eigenvalue weighted by Crippen LogP contribution is -2.25. The van der Waals surface area contributed by atoms with E-state index in [2.05, 4.69) is 5.32 Å². The monoisotopic (exact) mass is 214 g/mol. The molecule has 14 heavy (non-hydrogen) atoms. The predicted octanol–water partition coefficient (Wildman–Crippen LogP) is 1.05. The van der Waals surface area contributed by atoms with Gasteiger partial charge in [0.25, 0.3) is 5.56 Å². The zero-order valence-electron chi connectivity index (χ0n) is 7.79. The Labute approximate surface area is 86.5 Å². The fraction of sp³-hybridized carbons (Fsp3) is 0.333. The number of amides is 1. The number of halogens is 1. The van der Waals surface area contributed by atoms with E-state index >= 15 is 0 Å². The SMILES string of the molecule is CCn1cccc(NC(=O)CCl)c1=O. The quantitative estimate of drug-likeness (QED) is 0.765. The maximum absolute atomic E-state index is 11.6. The molecule has 1 aromatic heterocycles. The van der Waals surface area contributed by atoms with Crippen LogP contribution in [0.5, 0.6) is 0 Å². The van der Waals surface area contributed by atoms with Crippen molar-refractivity contribution >= 4 is 23.2 Å². The van der Waals surface area contributed by atoms with E-state index in [0.717, 1.165) is 0 Å². The molecule has 0 saturated carbocycles. The summed E-state index contributed by atoms with van der Waals surface area (Å²) in [5.74, 6) is -0.530. The first kappa shape index (κ1) is 10.8. The molecule has 0 aliphatic heterocycles. The molecule has 1 heterocycles. The predicted molar refractivity (Wildman–Crippen MR) is 55.7 cm³/mol. The van der Waals surface area contributed by atoms with Crippen LogP contribution in [0.4, 0.5) is 5.69 Å². The van der Waals surface area contributed by atoms with Crippen molar-refractivity contribution in [2.24, 2.45) is 0 Å². The lowest BCUT2D eigenvalue weighted by atomic mass is 10.4. The lowest BCUT2D eigenvalue weighted by molar-refractivity contribution is -0.113. The molecule has 1 aromatic rings. The highest BCUT2D eigenvalue weighted by Crippen LogP contribution is 1.98. The van der Waals surface area contributed by atoms with Crippen LogP contribution in [-0.4, -0.2) is 16.4 Å². The van der Waals surface area contributed by atoms with Crippen molar-refractivity contribution in [2.75, 3.05) is 11.2 Å². The molecular weight excluding hydrogens is 204 g/mol. The number of aryl methyl sites for hydroxylation is 1. The molecule has 4 nitrogen and oxygen atoms in total. The van der Waals surface area contributed by atoms with Crippen LogP contribution in [0.3, 0.4) is 0 Å². The van der Waals surface area contributed by atoms with E-state index in [0.29, 0.717) is 6.54 Å². The van der Waals surface area contributed by atoms with Crippen LogP contribution < -0.4 is 10.9 Å². The topological polar surface area (TPSA) is 51.1 Å². The van der Waals surface area contributed by atoms with Crippen molar-refractivity contribution < 1.29 is 4.79 Å². The van der Waals surface area contributed by atoms with E-state index in [4.69, 9.17) is 11.6 Å². The number of carbonyl (C=O) groups excluding carboxylic acids is 1. The fourth-order valence-electron chi connectivity index (χ4n) is 1.06. The highest BCUT2D eigenvalue weighted by atomic mass is 35.5. The number of rotatable bonds is 3. The number of aromatic nitrogens is 1. The highest BCUT2D eigenvalue weighted by Gasteiger charge is 2.04. The van der Waals surface area contributed by atoms with E-state index in [1.54, 1.807) is 18.3 Å². The summed E-state index contributed by atoms with van der Waals surface area (Å²) in [5.41, 5.74) is 0.0495. The molecule has 1 rings (SSSR count). The normalized spacial score (nSPS) is 9.86. The van der Waals surface area contributed by atoms with Gasteiger partial charge in [-0.05, 0) is 19.1 Å². The second-order valence-corrected chi connectivity index (χ2v) is 2.96. The molecule has 1 amide bonds. The Balaban J connectivity index is 2.98. The molecule has 0 atom stereocenters. The van der Waals surface area contributed by atoms with E-state index in [9.17, 15) is 9.59 Å². The van der Waals surface area contributed by atoms with Crippen molar-refractivity contribution in [3.8, 4) is 0 Å². The van der Waals surface area contributed by atoms with Gasteiger partial charge in [-0.2, -0.15) is 0 Å². The van der Waals surface area contributed by atoms with E-state index in [-0.39, 0.29) is 23.0 Å². The number of pyridine rings is 1. The largest absolute Gasteiger partial charge is 0.320 e. The third-order valence-electron chi connectivity index (χ3n) is 1.76. The van der Waals surface area contributed by atoms with E-state index in [1.807, 2.05) is 6.92 Å². The van der Waals surface area contributed by atoms with Crippen LogP contribution in [-0.2, 0) is 11.3 Å². The summed E-state index contributed by atoms with van der Waals surface area (Å²) in [6.07, 6.45) is 1.67. The number of anilines is 1. The molecule has 0 saturated heterocycles. The van der Waals surface area contributed by atoms with Gasteiger partial charge in [-0.15, -0.1) is 11.6 Å². The van der Waals surface area contributed by atoms with Crippen molar-refractivity contribution in [1.29, 1.82) is 0 Å². The van der Waals surface area contributed by atoms with Gasteiger partial charge in [0.15, 0.2) is 0 Å². The second kappa shape index (κ2) is 4.81. The van der Waals surface area contributed by atoms with Crippen LogP contribution in [0.15, 0.2) is 23.1 Å². The number of nitrogens with zero attached hydrogens (tertiary/aromatic N) is 1. The minimum Gasteiger partial charge on any atom is -0.320 e. The molecule has 0 radical (unpaired) electrons. The summed E-state index contributed by atoms with van der Waals surface area (Å²) in [5, 5.41) is 2.43. The number of hydrogen-bond acceptors (Lipinski definition) is 2. The standard InChI is InChI=1S/C9H11ClN2O2/c1-2-12-5-3-4-7(9(12)14)11-8(13)6-10/h3-5H,2,6H2,1H3,(H,11,13). The molecule has 76 valence electrons. The van der Waals surface area contributed by atoms with E-state index < -0.39 is 0 Å². The van der Waals surface area contributed by atoms with Crippen LogP contribution in [0.1, 0.15) is 6.92 Å². The molecule has 0 aliphatic carbocycles. The van der Waals surface area contributed by atoms with Crippen LogP contribution in [0.2, 0.25) is 0 Å². The summed E-state index contributed by atoms with van der Waals surface area (Å²) in [7, 11) is 0. The number of nitrogens with one attached hydrogen (secondary N) is 1. The summed E-state index contributed by atoms with van der Waals surface area (Å²) in [6.45, 7) is 2.43. The Bertz CT molecular complexity index is 387. The first-order valence-corrected chi connectivity index (χ1v) is 4.77. The van der Waals surface area contributed by atoms with Crippen LogP contribution in [0.25, 0.3) is 0 Å². The third-order valence-corrected chi connectivity index (χ3v) is 2.00. The smallest absolute Gasteiger partial charge is 0.274 e. The average Bonchev–Trinajstić information content (AvgIpc) is 2.21. The first-order chi connectivity index (χ1) is 6.69. The average molecular weight is 215 g/mol. The summed E-state index contributed by atoms with van der Waals surface area (Å²) >= 11 is 5.31. The van der Waals surface area contributed by atoms with Crippen molar-refractivity contribution in [1.82, 2.24) is 4.57 Å². The maximum Gasteiger partial charge on any atom is 0.274 e. The molecule has 0 spiro atoms. The molecular formula is C9H11ClN2O2. The van der Waals surface area contributed by atoms with Crippen molar-refractivity contribution in [2.45, 2.75) is 13.5 Å². The number of hydrogen-bond donors (Lipinski definition) is 1. The third kappa shape index (κ3) is 2.35. The molecule has 0 unspecified atom stereocenters. The summed E-state index contributed by atoms with van der Waals surface area (Å²) in [6, 6.07) is 3.26. The Kier molecular flexibility index (Phi) is 3.71. The van der Waals surface area contributed by atoms with Gasteiger partial charge in [0.05, 0.1) is 0 Å². The van der Waals surface area contributed by atoms with Gasteiger partial charge in [0.1, 0.15) is 11.6 Å². The first-order valence-electron chi connectivity index (χ1n) is 4.24. The Morgan fingerprint density at radius 2 is 2.36 bits per heavy atom. The van der Waals surface area contributed by atoms with Gasteiger partial charge in [0, 0.05) is 12.7 Å².